The summed E-state index contributed by atoms with van der Waals surface area (Å²) in [6.07, 6.45) is 0. The van der Waals surface area contributed by atoms with Crippen molar-refractivity contribution >= 4 is 45.0 Å². The maximum Gasteiger partial charge on any atom is 0.278 e. The summed E-state index contributed by atoms with van der Waals surface area (Å²) in [7, 11) is 3.80. The largest absolute Gasteiger partial charge is 0.308 e. The molecule has 0 fully saturated rings. The van der Waals surface area contributed by atoms with Crippen molar-refractivity contribution in [2.24, 2.45) is 0 Å². The van der Waals surface area contributed by atoms with Crippen LogP contribution >= 0.6 is 23.7 Å². The number of fused-ring (bicyclic) bond motifs is 1. The van der Waals surface area contributed by atoms with Crippen LogP contribution in [0.15, 0.2) is 18.2 Å². The van der Waals surface area contributed by atoms with Gasteiger partial charge in [-0.2, -0.15) is 5.10 Å². The monoisotopic (exact) mass is 443 g/mol. The number of rotatable bonds is 6. The van der Waals surface area contributed by atoms with Crippen molar-refractivity contribution in [3.8, 4) is 0 Å². The first kappa shape index (κ1) is 23.2. The Morgan fingerprint density at radius 2 is 1.90 bits per heavy atom. The van der Waals surface area contributed by atoms with Crippen LogP contribution in [0, 0.1) is 18.6 Å². The van der Waals surface area contributed by atoms with Crippen LogP contribution in [0.3, 0.4) is 0 Å². The molecule has 0 N–H and O–H groups in total. The molecule has 0 aliphatic carbocycles. The fourth-order valence-corrected chi connectivity index (χ4v) is 3.88. The zero-order valence-electron chi connectivity index (χ0n) is 16.9. The average molecular weight is 444 g/mol. The standard InChI is InChI=1S/C19H23F2N5OS.ClH/c1-11(2)26-15(8-12(3)23-26)18(27)25(7-6-24(4)5)19-22-17-14(21)9-13(20)10-16(17)28-19;/h8-11H,6-7H2,1-5H3;1H. The van der Waals surface area contributed by atoms with E-state index >= 15 is 0 Å². The molecular formula is C19H24ClF2N5OS. The second-order valence-electron chi connectivity index (χ2n) is 7.20. The SMILES string of the molecule is Cc1cc(C(=O)N(CCN(C)C)c2nc3c(F)cc(F)cc3s2)n(C(C)C)n1.Cl. The van der Waals surface area contributed by atoms with Crippen LogP contribution in [-0.4, -0.2) is 52.8 Å². The third kappa shape index (κ3) is 4.91. The maximum absolute atomic E-state index is 14.1. The first-order valence-corrected chi connectivity index (χ1v) is 9.77. The zero-order valence-corrected chi connectivity index (χ0v) is 18.6. The van der Waals surface area contributed by atoms with Crippen molar-refractivity contribution < 1.29 is 13.6 Å². The molecule has 2 aromatic heterocycles. The van der Waals surface area contributed by atoms with E-state index in [0.29, 0.717) is 28.6 Å². The molecule has 10 heteroatoms. The Labute approximate surface area is 178 Å². The fourth-order valence-electron chi connectivity index (χ4n) is 2.85. The van der Waals surface area contributed by atoms with Crippen LogP contribution in [0.4, 0.5) is 13.9 Å². The quantitative estimate of drug-likeness (QED) is 0.570. The highest BCUT2D eigenvalue weighted by Gasteiger charge is 2.26. The van der Waals surface area contributed by atoms with Crippen molar-refractivity contribution in [3.63, 3.8) is 0 Å². The topological polar surface area (TPSA) is 54.3 Å². The van der Waals surface area contributed by atoms with Gasteiger partial charge in [-0.25, -0.2) is 13.8 Å². The Hall–Kier alpha value is -2.10. The number of amides is 1. The Balaban J connectivity index is 0.00000300. The van der Waals surface area contributed by atoms with Gasteiger partial charge in [0.2, 0.25) is 0 Å². The van der Waals surface area contributed by atoms with Gasteiger partial charge >= 0.3 is 0 Å². The molecule has 0 aliphatic heterocycles. The normalized spacial score (nSPS) is 11.3. The van der Waals surface area contributed by atoms with Crippen LogP contribution in [0.5, 0.6) is 0 Å². The molecule has 29 heavy (non-hydrogen) atoms. The number of carbonyl (C=O) groups is 1. The van der Waals surface area contributed by atoms with Gasteiger partial charge in [-0.05, 0) is 47.0 Å². The third-order valence-electron chi connectivity index (χ3n) is 4.21. The first-order valence-electron chi connectivity index (χ1n) is 8.95. The zero-order chi connectivity index (χ0) is 20.6. The smallest absolute Gasteiger partial charge is 0.278 e. The van der Waals surface area contributed by atoms with E-state index in [9.17, 15) is 13.6 Å². The molecule has 0 bridgehead atoms. The number of likely N-dealkylation sites (N-methyl/N-ethyl adjacent to an activating group) is 1. The predicted molar refractivity (Wildman–Crippen MR) is 114 cm³/mol. The summed E-state index contributed by atoms with van der Waals surface area (Å²) in [6, 6.07) is 3.77. The summed E-state index contributed by atoms with van der Waals surface area (Å²) in [5.41, 5.74) is 1.25. The van der Waals surface area contributed by atoms with E-state index in [2.05, 4.69) is 10.1 Å². The minimum Gasteiger partial charge on any atom is -0.308 e. The summed E-state index contributed by atoms with van der Waals surface area (Å²) in [5.74, 6) is -1.67. The van der Waals surface area contributed by atoms with Gasteiger partial charge in [0.25, 0.3) is 5.91 Å². The maximum atomic E-state index is 14.1. The molecule has 0 atom stereocenters. The summed E-state index contributed by atoms with van der Waals surface area (Å²) in [5, 5.41) is 4.74. The molecule has 3 aromatic rings. The molecular weight excluding hydrogens is 420 g/mol. The van der Waals surface area contributed by atoms with E-state index in [1.54, 1.807) is 10.7 Å². The summed E-state index contributed by atoms with van der Waals surface area (Å²) in [4.78, 5) is 21.1. The first-order chi connectivity index (χ1) is 13.2. The predicted octanol–water partition coefficient (Wildman–Crippen LogP) is 4.29. The lowest BCUT2D eigenvalue weighted by atomic mass is 10.3. The molecule has 0 radical (unpaired) electrons. The Bertz CT molecular complexity index is 1020. The Kier molecular flexibility index (Phi) is 7.31. The van der Waals surface area contributed by atoms with E-state index in [1.807, 2.05) is 39.8 Å². The lowest BCUT2D eigenvalue weighted by molar-refractivity contribution is 0.0973. The fraction of sp³-hybridized carbons (Fsp3) is 0.421. The van der Waals surface area contributed by atoms with Crippen molar-refractivity contribution in [3.05, 3.63) is 41.2 Å². The molecule has 158 valence electrons. The Morgan fingerprint density at radius 1 is 1.21 bits per heavy atom. The van der Waals surface area contributed by atoms with Gasteiger partial charge in [-0.15, -0.1) is 12.4 Å². The average Bonchev–Trinajstić information content (AvgIpc) is 3.18. The lowest BCUT2D eigenvalue weighted by Crippen LogP contribution is -2.38. The molecule has 0 spiro atoms. The number of halogens is 3. The second-order valence-corrected chi connectivity index (χ2v) is 8.21. The molecule has 0 aliphatic rings. The number of aryl methyl sites for hydroxylation is 1. The number of nitrogens with zero attached hydrogens (tertiary/aromatic N) is 5. The highest BCUT2D eigenvalue weighted by Crippen LogP contribution is 2.32. The van der Waals surface area contributed by atoms with Crippen molar-refractivity contribution in [2.45, 2.75) is 26.8 Å². The highest BCUT2D eigenvalue weighted by atomic mass is 35.5. The third-order valence-corrected chi connectivity index (χ3v) is 5.24. The van der Waals surface area contributed by atoms with Gasteiger partial charge < -0.3 is 4.90 Å². The highest BCUT2D eigenvalue weighted by molar-refractivity contribution is 7.22. The van der Waals surface area contributed by atoms with E-state index in [1.165, 1.54) is 11.0 Å². The van der Waals surface area contributed by atoms with Crippen molar-refractivity contribution in [2.75, 3.05) is 32.1 Å². The molecule has 1 aromatic carbocycles. The van der Waals surface area contributed by atoms with Crippen LogP contribution < -0.4 is 4.90 Å². The number of thiazole rings is 1. The molecule has 6 nitrogen and oxygen atoms in total. The van der Waals surface area contributed by atoms with Gasteiger partial charge in [0.1, 0.15) is 17.0 Å². The molecule has 2 heterocycles. The number of carbonyl (C=O) groups excluding carboxylic acids is 1. The van der Waals surface area contributed by atoms with Gasteiger partial charge in [0, 0.05) is 25.2 Å². The number of anilines is 1. The summed E-state index contributed by atoms with van der Waals surface area (Å²) < 4.78 is 29.7. The molecule has 0 saturated carbocycles. The van der Waals surface area contributed by atoms with E-state index in [4.69, 9.17) is 0 Å². The van der Waals surface area contributed by atoms with E-state index in [-0.39, 0.29) is 29.9 Å². The van der Waals surface area contributed by atoms with Gasteiger partial charge in [0.05, 0.1) is 10.4 Å². The minimum absolute atomic E-state index is 0. The Morgan fingerprint density at radius 3 is 2.52 bits per heavy atom. The molecule has 0 unspecified atom stereocenters. The minimum atomic E-state index is -0.736. The number of hydrogen-bond acceptors (Lipinski definition) is 5. The van der Waals surface area contributed by atoms with Crippen molar-refractivity contribution in [1.29, 1.82) is 0 Å². The van der Waals surface area contributed by atoms with Gasteiger partial charge in [0.15, 0.2) is 10.9 Å². The lowest BCUT2D eigenvalue weighted by Gasteiger charge is -2.22. The van der Waals surface area contributed by atoms with Crippen LogP contribution in [0.25, 0.3) is 10.2 Å². The van der Waals surface area contributed by atoms with E-state index < -0.39 is 11.6 Å². The number of benzene rings is 1. The summed E-state index contributed by atoms with van der Waals surface area (Å²) in [6.45, 7) is 6.67. The van der Waals surface area contributed by atoms with Gasteiger partial charge in [-0.3, -0.25) is 14.4 Å². The summed E-state index contributed by atoms with van der Waals surface area (Å²) >= 11 is 1.10. The van der Waals surface area contributed by atoms with Crippen LogP contribution in [0.2, 0.25) is 0 Å². The van der Waals surface area contributed by atoms with E-state index in [0.717, 1.165) is 23.1 Å². The number of hydrogen-bond donors (Lipinski definition) is 0. The molecule has 0 saturated heterocycles. The van der Waals surface area contributed by atoms with Gasteiger partial charge in [-0.1, -0.05) is 11.3 Å². The van der Waals surface area contributed by atoms with Crippen molar-refractivity contribution in [1.82, 2.24) is 19.7 Å². The number of aromatic nitrogens is 3. The second kappa shape index (κ2) is 9.15. The van der Waals surface area contributed by atoms with Crippen LogP contribution in [0.1, 0.15) is 36.1 Å². The molecule has 1 amide bonds. The molecule has 3 rings (SSSR count). The van der Waals surface area contributed by atoms with Crippen LogP contribution in [-0.2, 0) is 0 Å².